The van der Waals surface area contributed by atoms with Crippen LogP contribution in [-0.4, -0.2) is 56.8 Å². The average Bonchev–Trinajstić information content (AvgIpc) is 2.95. The molecule has 0 radical (unpaired) electrons. The lowest BCUT2D eigenvalue weighted by molar-refractivity contribution is -0.144. The summed E-state index contributed by atoms with van der Waals surface area (Å²) in [6.45, 7) is 1.77. The number of rotatable bonds is 7. The summed E-state index contributed by atoms with van der Waals surface area (Å²) >= 11 is 3.23. The van der Waals surface area contributed by atoms with Gasteiger partial charge in [0.05, 0.1) is 21.5 Å². The van der Waals surface area contributed by atoms with Crippen molar-refractivity contribution in [3.63, 3.8) is 0 Å². The summed E-state index contributed by atoms with van der Waals surface area (Å²) in [7, 11) is 0. The van der Waals surface area contributed by atoms with E-state index in [9.17, 15) is 41.0 Å². The minimum Gasteiger partial charge on any atom is -0.481 e. The molecular formula is C28H31BrF6N4O4. The van der Waals surface area contributed by atoms with Gasteiger partial charge in [-0.1, -0.05) is 6.92 Å². The lowest BCUT2D eigenvalue weighted by atomic mass is 9.87. The number of nitrogens with zero attached hydrogens (tertiary/aromatic N) is 4. The van der Waals surface area contributed by atoms with E-state index in [1.165, 1.54) is 12.4 Å². The number of carbonyl (C=O) groups excluding carboxylic acids is 1. The van der Waals surface area contributed by atoms with Gasteiger partial charge in [0, 0.05) is 37.6 Å². The highest BCUT2D eigenvalue weighted by Crippen LogP contribution is 2.38. The summed E-state index contributed by atoms with van der Waals surface area (Å²) in [6.07, 6.45) is -5.08. The molecule has 2 fully saturated rings. The fourth-order valence-electron chi connectivity index (χ4n) is 5.70. The highest BCUT2D eigenvalue weighted by Gasteiger charge is 2.39. The first kappa shape index (κ1) is 32.8. The Bertz CT molecular complexity index is 1250. The van der Waals surface area contributed by atoms with Crippen molar-refractivity contribution in [2.45, 2.75) is 89.0 Å². The molecule has 43 heavy (non-hydrogen) atoms. The van der Waals surface area contributed by atoms with E-state index in [0.717, 1.165) is 0 Å². The molecule has 2 heterocycles. The van der Waals surface area contributed by atoms with Gasteiger partial charge in [0.2, 0.25) is 5.95 Å². The van der Waals surface area contributed by atoms with Gasteiger partial charge < -0.3 is 19.6 Å². The first-order valence-corrected chi connectivity index (χ1v) is 14.7. The van der Waals surface area contributed by atoms with Gasteiger partial charge in [0.1, 0.15) is 6.10 Å². The molecule has 1 aromatic heterocycles. The van der Waals surface area contributed by atoms with Gasteiger partial charge in [-0.05, 0) is 84.6 Å². The lowest BCUT2D eigenvalue weighted by Gasteiger charge is -2.43. The SMILES string of the molecule is CC[C@@H]1C[C@H](N(Cc2cc(C(F)(F)F)cc(C(F)(F)F)c2)c2ncc(Br)cn2)CCN1C(=O)OC1CCC(C(=O)O)CC1. The molecule has 1 N–H and O–H groups in total. The number of benzene rings is 1. The Hall–Kier alpha value is -3.10. The van der Waals surface area contributed by atoms with E-state index in [4.69, 9.17) is 4.74 Å². The number of ether oxygens (including phenoxy) is 1. The molecule has 0 unspecified atom stereocenters. The number of likely N-dealkylation sites (tertiary alicyclic amines) is 1. The zero-order valence-corrected chi connectivity index (χ0v) is 24.8. The van der Waals surface area contributed by atoms with Gasteiger partial charge >= 0.3 is 24.4 Å². The van der Waals surface area contributed by atoms with Crippen LogP contribution in [0, 0.1) is 5.92 Å². The predicted molar refractivity (Wildman–Crippen MR) is 146 cm³/mol. The average molecular weight is 681 g/mol. The molecule has 8 nitrogen and oxygen atoms in total. The maximum absolute atomic E-state index is 13.5. The van der Waals surface area contributed by atoms with Gasteiger partial charge in [0.15, 0.2) is 0 Å². The van der Waals surface area contributed by atoms with Crippen LogP contribution in [0.15, 0.2) is 35.1 Å². The Balaban J connectivity index is 1.55. The smallest absolute Gasteiger partial charge is 0.416 e. The minimum atomic E-state index is -4.99. The van der Waals surface area contributed by atoms with Crippen molar-refractivity contribution in [2.24, 2.45) is 5.92 Å². The number of halogens is 7. The van der Waals surface area contributed by atoms with E-state index in [0.29, 0.717) is 61.6 Å². The molecule has 4 rings (SSSR count). The number of piperidine rings is 1. The van der Waals surface area contributed by atoms with Crippen molar-refractivity contribution in [3.8, 4) is 0 Å². The standard InChI is InChI=1S/C28H31BrF6N4O4/c1-2-21-12-22(7-8-38(21)26(42)43-23-5-3-17(4-6-23)24(40)41)39(25-36-13-20(29)14-37-25)15-16-9-18(27(30,31)32)11-19(10-16)28(33,34)35/h9-11,13-14,17,21-23H,2-8,12,15H2,1H3,(H,40,41)/t17?,21-,22-,23?/m1/s1. The highest BCUT2D eigenvalue weighted by atomic mass is 79.9. The van der Waals surface area contributed by atoms with Gasteiger partial charge in [-0.15, -0.1) is 0 Å². The third-order valence-corrected chi connectivity index (χ3v) is 8.40. The number of amides is 1. The molecule has 15 heteroatoms. The van der Waals surface area contributed by atoms with Crippen LogP contribution in [0.1, 0.15) is 68.6 Å². The van der Waals surface area contributed by atoms with E-state index in [1.807, 2.05) is 6.92 Å². The number of anilines is 1. The zero-order valence-electron chi connectivity index (χ0n) is 23.2. The summed E-state index contributed by atoms with van der Waals surface area (Å²) in [5.74, 6) is -1.19. The molecule has 1 aromatic carbocycles. The first-order chi connectivity index (χ1) is 20.2. The Morgan fingerprint density at radius 3 is 2.09 bits per heavy atom. The molecule has 236 valence electrons. The van der Waals surface area contributed by atoms with Crippen LogP contribution in [0.2, 0.25) is 0 Å². The normalized spacial score (nSPS) is 23.1. The number of carboxylic acid groups (broad SMARTS) is 1. The van der Waals surface area contributed by atoms with Gasteiger partial charge in [-0.25, -0.2) is 14.8 Å². The Morgan fingerprint density at radius 2 is 1.58 bits per heavy atom. The number of hydrogen-bond acceptors (Lipinski definition) is 6. The predicted octanol–water partition coefficient (Wildman–Crippen LogP) is 7.31. The topological polar surface area (TPSA) is 95.9 Å². The van der Waals surface area contributed by atoms with Gasteiger partial charge in [-0.3, -0.25) is 4.79 Å². The van der Waals surface area contributed by atoms with E-state index < -0.39 is 53.6 Å². The Kier molecular flexibility index (Phi) is 10.1. The molecule has 0 spiro atoms. The summed E-state index contributed by atoms with van der Waals surface area (Å²) in [5.41, 5.74) is -3.02. The number of carboxylic acids is 1. The second-order valence-corrected chi connectivity index (χ2v) is 11.8. The Morgan fingerprint density at radius 1 is 1.00 bits per heavy atom. The van der Waals surface area contributed by atoms with E-state index in [1.54, 1.807) is 9.80 Å². The largest absolute Gasteiger partial charge is 0.481 e. The molecule has 2 atom stereocenters. The van der Waals surface area contributed by atoms with Crippen LogP contribution in [-0.2, 0) is 28.4 Å². The van der Waals surface area contributed by atoms with E-state index in [2.05, 4.69) is 25.9 Å². The van der Waals surface area contributed by atoms with E-state index in [-0.39, 0.29) is 36.7 Å². The van der Waals surface area contributed by atoms with Crippen LogP contribution in [0.25, 0.3) is 0 Å². The Labute approximate surface area is 252 Å². The van der Waals surface area contributed by atoms with Crippen LogP contribution in [0.5, 0.6) is 0 Å². The number of aliphatic carboxylic acids is 1. The minimum absolute atomic E-state index is 0.0926. The first-order valence-electron chi connectivity index (χ1n) is 13.9. The molecule has 1 saturated heterocycles. The molecule has 2 aliphatic rings. The van der Waals surface area contributed by atoms with Crippen LogP contribution >= 0.6 is 15.9 Å². The van der Waals surface area contributed by atoms with E-state index >= 15 is 0 Å². The van der Waals surface area contributed by atoms with Crippen molar-refractivity contribution < 1.29 is 45.8 Å². The lowest BCUT2D eigenvalue weighted by Crippen LogP contribution is -2.52. The van der Waals surface area contributed by atoms with Gasteiger partial charge in [0.25, 0.3) is 0 Å². The maximum atomic E-state index is 13.5. The third kappa shape index (κ3) is 8.30. The number of hydrogen-bond donors (Lipinski definition) is 1. The van der Waals surface area contributed by atoms with Gasteiger partial charge in [-0.2, -0.15) is 26.3 Å². The quantitative estimate of drug-likeness (QED) is 0.307. The van der Waals surface area contributed by atoms with Crippen molar-refractivity contribution >= 4 is 33.9 Å². The van der Waals surface area contributed by atoms with Crippen molar-refractivity contribution in [1.82, 2.24) is 14.9 Å². The summed E-state index contributed by atoms with van der Waals surface area (Å²) in [5, 5.41) is 9.20. The highest BCUT2D eigenvalue weighted by molar-refractivity contribution is 9.10. The summed E-state index contributed by atoms with van der Waals surface area (Å²) in [6, 6.07) is 0.750. The number of aromatic nitrogens is 2. The fraction of sp³-hybridized carbons (Fsp3) is 0.571. The second kappa shape index (κ2) is 13.3. The van der Waals surface area contributed by atoms with Crippen LogP contribution in [0.3, 0.4) is 0 Å². The monoisotopic (exact) mass is 680 g/mol. The van der Waals surface area contributed by atoms with Crippen LogP contribution < -0.4 is 4.90 Å². The number of carbonyl (C=O) groups is 2. The fourth-order valence-corrected chi connectivity index (χ4v) is 5.91. The van der Waals surface area contributed by atoms with Crippen molar-refractivity contribution in [1.29, 1.82) is 0 Å². The third-order valence-electron chi connectivity index (χ3n) is 7.99. The molecular weight excluding hydrogens is 650 g/mol. The molecule has 2 aromatic rings. The van der Waals surface area contributed by atoms with Crippen molar-refractivity contribution in [2.75, 3.05) is 11.4 Å². The van der Waals surface area contributed by atoms with Crippen molar-refractivity contribution in [3.05, 3.63) is 51.8 Å². The molecule has 1 aliphatic carbocycles. The summed E-state index contributed by atoms with van der Waals surface area (Å²) < 4.78 is 87.5. The molecule has 0 bridgehead atoms. The molecule has 1 amide bonds. The summed E-state index contributed by atoms with van der Waals surface area (Å²) in [4.78, 5) is 36.1. The zero-order chi connectivity index (χ0) is 31.5. The maximum Gasteiger partial charge on any atom is 0.416 e. The number of alkyl halides is 6. The second-order valence-electron chi connectivity index (χ2n) is 10.9. The molecule has 1 aliphatic heterocycles. The van der Waals surface area contributed by atoms with Crippen LogP contribution in [0.4, 0.5) is 37.1 Å². The molecule has 1 saturated carbocycles.